The number of nitrogens with one attached hydrogen (secondary N) is 1. The Morgan fingerprint density at radius 2 is 0.780 bits per heavy atom. The summed E-state index contributed by atoms with van der Waals surface area (Å²) in [4.78, 5) is 101. The topological polar surface area (TPSA) is 374 Å². The zero-order valence-electron chi connectivity index (χ0n) is 70.1. The number of fused-ring (bicyclic) bond motifs is 4. The van der Waals surface area contributed by atoms with E-state index in [1.54, 1.807) is 6.92 Å². The van der Waals surface area contributed by atoms with Gasteiger partial charge in [-0.2, -0.15) is 105 Å². The van der Waals surface area contributed by atoms with Gasteiger partial charge >= 0.3 is 97.2 Å². The van der Waals surface area contributed by atoms with Gasteiger partial charge < -0.3 is 79.2 Å². The summed E-state index contributed by atoms with van der Waals surface area (Å²) in [7, 11) is 2.61. The zero-order valence-corrected chi connectivity index (χ0v) is 78.7. The smallest absolute Gasteiger partial charge is 0.399 e. The lowest BCUT2D eigenvalue weighted by Gasteiger charge is -2.42. The van der Waals surface area contributed by atoms with Crippen molar-refractivity contribution in [3.05, 3.63) is 0 Å². The second-order valence-electron chi connectivity index (χ2n) is 33.2. The highest BCUT2D eigenvalue weighted by Gasteiger charge is 2.71. The Labute approximate surface area is 774 Å². The second kappa shape index (κ2) is 50.8. The molecule has 9 unspecified atom stereocenters. The van der Waals surface area contributed by atoms with Gasteiger partial charge in [-0.1, -0.05) is 154 Å². The highest BCUT2D eigenvalue weighted by molar-refractivity contribution is 14.1. The van der Waals surface area contributed by atoms with Crippen molar-refractivity contribution >= 4 is 144 Å². The maximum atomic E-state index is 12.1. The molecule has 0 spiro atoms. The standard InChI is InChI=1S/C12H18INO3.C12H22INO2.C11H18INO2.2C9H11F6O3.C8H14INO2.2C5H3F6O3.3CH4/c1-12(2,13)11(16)17-10-5-7-4-8(15)6-9(10)14(7)3;1-8(13)10(15)16-9-6-11(2,3)14-12(4,5)7-9;1-11(2,12)10(14)15-9-5-7-3-4-8(6-9)13-7;1-6(2,3)4-18-5(16)7(17,8(10,11)12)9(13,14)15;1-3-5(2)4-18-6(16)7(17,8(10,11)12)9(13,14)15;1-6(9)8(11)12-7-2-4-10-5-3-7;2*1-14-2(12)3(13,4(6,7)8)5(9,10)11;;;/h7,9-10H,4-6H2,1-3H3;8-9,14H,6-7H2,1-5H3;7-9,13H,3-6H2,1-2H3;4H2,1-3H3;5H,3-4H2,1-2H3;6-7,10H,2-5H2,1H3;2*1H3;3*1H4/q;;;2*-1;;2*-1;;;/p+4. The van der Waals surface area contributed by atoms with E-state index in [9.17, 15) is 169 Å². The third-order valence-electron chi connectivity index (χ3n) is 18.6. The van der Waals surface area contributed by atoms with Crippen LogP contribution in [0.25, 0.3) is 0 Å². The number of ether oxygens (including phenoxy) is 8. The SMILES string of the molecule is C.C.C.CC(C)(C)COC(=O)C([O-])(C(F)(F)F)C(F)(F)F.CC(C)(I)C(=O)OC1CC2CCC(C1)[NH2+]2.CC(I)C(=O)OC1CC(C)(C)[NH2+]C(C)(C)C1.CC(I)C(=O)OC1CC[NH2+]CC1.CCC(C)COC(=O)C([O-])(C(F)(F)F)C(F)(F)F.COC(=O)C([O-])(C(F)(F)F)C(F)(F)F.COC(=O)C([O-])(C(F)(F)F)C(F)(F)F.C[NH+]1C2CC(=O)CC1C(OC(=O)C(C)(C)I)C2. The van der Waals surface area contributed by atoms with E-state index in [0.29, 0.717) is 43.2 Å². The molecule has 0 aliphatic carbocycles. The maximum absolute atomic E-state index is 12.1. The third kappa shape index (κ3) is 40.1. The number of esters is 8. The summed E-state index contributed by atoms with van der Waals surface area (Å²) in [6.07, 6.45) is -39.1. The fraction of sp³-hybridized carbons (Fsp3) is 0.878. The molecule has 0 radical (unpaired) electrons. The first-order valence-electron chi connectivity index (χ1n) is 37.3. The Balaban J connectivity index is -0.000000446. The number of quaternary nitrogens is 4. The number of Topliss-reactive ketones (excluding diaryl/α,β-unsaturated/α-hetero) is 1. The Morgan fingerprint density at radius 3 is 1.07 bits per heavy atom. The summed E-state index contributed by atoms with van der Waals surface area (Å²) >= 11 is 8.41. The molecule has 0 amide bonds. The van der Waals surface area contributed by atoms with Crippen molar-refractivity contribution in [1.29, 1.82) is 0 Å². The molecule has 6 saturated heterocycles. The monoisotopic (exact) mass is 2360 g/mol. The van der Waals surface area contributed by atoms with E-state index in [0.717, 1.165) is 58.0 Å². The van der Waals surface area contributed by atoms with E-state index in [1.807, 2.05) is 41.5 Å². The van der Waals surface area contributed by atoms with Gasteiger partial charge in [-0.15, -0.1) is 0 Å². The average molecular weight is 2360 g/mol. The van der Waals surface area contributed by atoms with Gasteiger partial charge in [-0.05, 0) is 80.6 Å². The van der Waals surface area contributed by atoms with Gasteiger partial charge in [0.05, 0.1) is 89.6 Å². The lowest BCUT2D eigenvalue weighted by atomic mass is 9.81. The predicted molar refractivity (Wildman–Crippen MR) is 429 cm³/mol. The first-order chi connectivity index (χ1) is 55.0. The maximum Gasteiger partial charge on any atom is 0.399 e. The molecular weight excluding hydrogens is 2240 g/mol. The van der Waals surface area contributed by atoms with Crippen molar-refractivity contribution in [2.24, 2.45) is 11.3 Å². The fourth-order valence-corrected chi connectivity index (χ4v) is 12.6. The minimum atomic E-state index is -6.32. The van der Waals surface area contributed by atoms with E-state index < -0.39 is 127 Å². The molecule has 0 aromatic carbocycles. The first-order valence-corrected chi connectivity index (χ1v) is 41.9. The van der Waals surface area contributed by atoms with Crippen LogP contribution in [0.5, 0.6) is 0 Å². The number of hydrogen-bond donors (Lipinski definition) is 4. The number of alkyl halides is 28. The Bertz CT molecular complexity index is 3310. The van der Waals surface area contributed by atoms with Gasteiger partial charge in [0, 0.05) is 57.8 Å². The van der Waals surface area contributed by atoms with Gasteiger partial charge in [0.25, 0.3) is 0 Å². The van der Waals surface area contributed by atoms with Crippen molar-refractivity contribution < 1.29 is 228 Å². The number of rotatable bonds is 16. The van der Waals surface area contributed by atoms with E-state index >= 15 is 0 Å². The number of ketones is 1. The van der Waals surface area contributed by atoms with E-state index in [4.69, 9.17) is 18.9 Å². The molecule has 7 N–H and O–H groups in total. The average Bonchev–Trinajstić information content (AvgIpc) is 1.70. The van der Waals surface area contributed by atoms with Gasteiger partial charge in [0.1, 0.15) is 44.8 Å². The van der Waals surface area contributed by atoms with Crippen LogP contribution in [-0.2, 0) is 81.0 Å². The normalized spacial score (nSPS) is 21.8. The minimum absolute atomic E-state index is 0. The number of halogens is 28. The number of likely N-dealkylation sites (N-methyl/N-ethyl adjacent to an activating group) is 1. The molecule has 0 aromatic heterocycles. The van der Waals surface area contributed by atoms with Crippen LogP contribution >= 0.6 is 90.4 Å². The highest BCUT2D eigenvalue weighted by atomic mass is 127. The summed E-state index contributed by atoms with van der Waals surface area (Å²) in [6.45, 7) is 28.1. The Kier molecular flexibility index (Phi) is 52.7. The number of carbonyl (C=O) groups excluding carboxylic acids is 9. The molecule has 6 aliphatic rings. The van der Waals surface area contributed by atoms with Crippen LogP contribution in [0.3, 0.4) is 0 Å². The summed E-state index contributed by atoms with van der Waals surface area (Å²) < 4.78 is 321. The predicted octanol–water partition coefficient (Wildman–Crippen LogP) is 9.12. The van der Waals surface area contributed by atoms with Gasteiger partial charge in [-0.25, -0.2) is 0 Å². The number of nitrogens with two attached hydrogens (primary N) is 3. The summed E-state index contributed by atoms with van der Waals surface area (Å²) in [5, 5.41) is 49.5. The molecule has 0 saturated carbocycles. The highest BCUT2D eigenvalue weighted by Crippen LogP contribution is 2.46. The first kappa shape index (κ1) is 132. The minimum Gasteiger partial charge on any atom is -0.828 e. The summed E-state index contributed by atoms with van der Waals surface area (Å²) in [6, 6.07) is 1.93. The van der Waals surface area contributed by atoms with Gasteiger partial charge in [-0.3, -0.25) is 43.2 Å². The number of methoxy groups -OCH3 is 2. The van der Waals surface area contributed by atoms with Crippen LogP contribution in [-0.4, -0.2) is 247 Å². The molecule has 6 fully saturated rings. The summed E-state index contributed by atoms with van der Waals surface area (Å²) in [5.41, 5.74) is -23.5. The molecule has 127 heavy (non-hydrogen) atoms. The molecule has 9 atom stereocenters. The van der Waals surface area contributed by atoms with Gasteiger partial charge in [0.2, 0.25) is 0 Å². The van der Waals surface area contributed by atoms with E-state index in [1.165, 1.54) is 45.4 Å². The molecule has 6 rings (SSSR count). The van der Waals surface area contributed by atoms with Crippen LogP contribution in [0.1, 0.15) is 203 Å². The van der Waals surface area contributed by atoms with Crippen LogP contribution in [0.15, 0.2) is 0 Å². The van der Waals surface area contributed by atoms with Crippen molar-refractivity contribution in [2.45, 2.75) is 349 Å². The molecule has 25 nitrogen and oxygen atoms in total. The third-order valence-corrected chi connectivity index (χ3v) is 20.5. The van der Waals surface area contributed by atoms with Crippen molar-refractivity contribution in [2.75, 3.05) is 47.6 Å². The van der Waals surface area contributed by atoms with Crippen LogP contribution in [0.4, 0.5) is 105 Å². The molecule has 4 bridgehead atoms. The molecule has 53 heteroatoms. The largest absolute Gasteiger partial charge is 0.828 e. The quantitative estimate of drug-likeness (QED) is 0.0368. The molecule has 6 aliphatic heterocycles. The van der Waals surface area contributed by atoms with Crippen molar-refractivity contribution in [1.82, 2.24) is 0 Å². The zero-order chi connectivity index (χ0) is 98.7. The van der Waals surface area contributed by atoms with E-state index in [2.05, 4.69) is 160 Å². The number of hydrogen-bond acceptors (Lipinski definition) is 21. The molecular formula is C74H116F24I4N4O21. The van der Waals surface area contributed by atoms with Gasteiger partial charge in [0.15, 0.2) is 28.5 Å². The van der Waals surface area contributed by atoms with Crippen molar-refractivity contribution in [3.63, 3.8) is 0 Å². The van der Waals surface area contributed by atoms with Crippen LogP contribution < -0.4 is 41.3 Å². The fourth-order valence-electron chi connectivity index (χ4n) is 12.0. The number of piperidine rings is 4. The van der Waals surface area contributed by atoms with Crippen LogP contribution in [0.2, 0.25) is 0 Å². The number of carbonyl (C=O) groups is 9. The molecule has 6 heterocycles. The lowest BCUT2D eigenvalue weighted by Crippen LogP contribution is -3.16. The second-order valence-corrected chi connectivity index (χ2v) is 42.3. The van der Waals surface area contributed by atoms with E-state index in [-0.39, 0.29) is 110 Å². The molecule has 0 aromatic rings. The summed E-state index contributed by atoms with van der Waals surface area (Å²) in [5.74, 6) is -12.1. The molecule has 754 valence electrons. The Morgan fingerprint density at radius 1 is 0.465 bits per heavy atom. The van der Waals surface area contributed by atoms with Crippen molar-refractivity contribution in [3.8, 4) is 0 Å². The lowest BCUT2D eigenvalue weighted by molar-refractivity contribution is -0.919. The van der Waals surface area contributed by atoms with Crippen LogP contribution in [0, 0.1) is 11.3 Å². The Hall–Kier alpha value is -3.65.